The minimum Gasteiger partial charge on any atom is -0.482 e. The molecule has 0 saturated carbocycles. The summed E-state index contributed by atoms with van der Waals surface area (Å²) in [4.78, 5) is 26.7. The molecular formula is C24H17Cl2F5N2O5S. The van der Waals surface area contributed by atoms with E-state index in [0.29, 0.717) is 20.2 Å². The highest BCUT2D eigenvalue weighted by Crippen LogP contribution is 2.40. The van der Waals surface area contributed by atoms with Crippen molar-refractivity contribution in [1.82, 2.24) is 9.55 Å². The molecule has 0 aliphatic carbocycles. The summed E-state index contributed by atoms with van der Waals surface area (Å²) >= 11 is 12.9. The lowest BCUT2D eigenvalue weighted by Crippen LogP contribution is -2.38. The number of aromatic amines is 1. The summed E-state index contributed by atoms with van der Waals surface area (Å²) in [5.74, 6) is -0.433. The lowest BCUT2D eigenvalue weighted by atomic mass is 10.1. The van der Waals surface area contributed by atoms with E-state index in [-0.39, 0.29) is 32.2 Å². The minimum atomic E-state index is -5.01. The SMILES string of the molecule is C[C@@H](Oc1ccc(-c2cc3c(s2)c(=O)[nH]c(=O)n3CC(O)C(F)(F)F)cc1OC(F)F)c1ccc(Cl)cc1Cl. The van der Waals surface area contributed by atoms with E-state index in [2.05, 4.69) is 4.74 Å². The van der Waals surface area contributed by atoms with Crippen molar-refractivity contribution < 1.29 is 36.5 Å². The number of aliphatic hydroxyl groups is 1. The third kappa shape index (κ3) is 6.38. The van der Waals surface area contributed by atoms with Crippen molar-refractivity contribution in [2.24, 2.45) is 0 Å². The summed E-state index contributed by atoms with van der Waals surface area (Å²) in [7, 11) is 0. The lowest BCUT2D eigenvalue weighted by Gasteiger charge is -2.19. The van der Waals surface area contributed by atoms with Crippen LogP contribution < -0.4 is 20.7 Å². The Kier molecular flexibility index (Phi) is 8.26. The van der Waals surface area contributed by atoms with Crippen molar-refractivity contribution in [3.05, 3.63) is 78.9 Å². The van der Waals surface area contributed by atoms with Crippen molar-refractivity contribution >= 4 is 44.8 Å². The number of halogens is 7. The molecule has 0 fully saturated rings. The Morgan fingerprint density at radius 1 is 1.05 bits per heavy atom. The summed E-state index contributed by atoms with van der Waals surface area (Å²) in [6, 6.07) is 9.92. The van der Waals surface area contributed by atoms with Gasteiger partial charge in [0.15, 0.2) is 17.6 Å². The summed E-state index contributed by atoms with van der Waals surface area (Å²) in [6.45, 7) is -2.76. The van der Waals surface area contributed by atoms with Gasteiger partial charge in [0.2, 0.25) is 0 Å². The average molecular weight is 611 g/mol. The molecule has 2 N–H and O–H groups in total. The molecular weight excluding hydrogens is 594 g/mol. The van der Waals surface area contributed by atoms with Gasteiger partial charge in [0, 0.05) is 20.5 Å². The van der Waals surface area contributed by atoms with Gasteiger partial charge in [-0.05, 0) is 48.9 Å². The highest BCUT2D eigenvalue weighted by atomic mass is 35.5. The Morgan fingerprint density at radius 3 is 2.41 bits per heavy atom. The molecule has 0 spiro atoms. The zero-order chi connectivity index (χ0) is 28.6. The van der Waals surface area contributed by atoms with Crippen LogP contribution in [0.15, 0.2) is 52.1 Å². The number of ether oxygens (including phenoxy) is 2. The molecule has 0 aliphatic rings. The summed E-state index contributed by atoms with van der Waals surface area (Å²) in [5, 5.41) is 10.1. The number of H-pyrrole nitrogens is 1. The molecule has 0 amide bonds. The second-order valence-corrected chi connectivity index (χ2v) is 10.1. The van der Waals surface area contributed by atoms with Crippen LogP contribution in [0.2, 0.25) is 10.0 Å². The number of thiophene rings is 1. The fourth-order valence-corrected chi connectivity index (χ4v) is 5.32. The van der Waals surface area contributed by atoms with Crippen LogP contribution in [-0.2, 0) is 6.54 Å². The lowest BCUT2D eigenvalue weighted by molar-refractivity contribution is -0.207. The van der Waals surface area contributed by atoms with E-state index in [1.54, 1.807) is 19.1 Å². The van der Waals surface area contributed by atoms with Crippen molar-refractivity contribution in [3.8, 4) is 21.9 Å². The van der Waals surface area contributed by atoms with Gasteiger partial charge in [-0.2, -0.15) is 22.0 Å². The van der Waals surface area contributed by atoms with Gasteiger partial charge in [0.1, 0.15) is 10.8 Å². The molecule has 4 rings (SSSR count). The van der Waals surface area contributed by atoms with Crippen LogP contribution in [0, 0.1) is 0 Å². The molecule has 7 nitrogen and oxygen atoms in total. The van der Waals surface area contributed by atoms with Gasteiger partial charge in [0.05, 0.1) is 12.1 Å². The molecule has 0 saturated heterocycles. The molecule has 2 aromatic carbocycles. The molecule has 1 unspecified atom stereocenters. The van der Waals surface area contributed by atoms with Crippen LogP contribution in [0.1, 0.15) is 18.6 Å². The second-order valence-electron chi connectivity index (χ2n) is 8.22. The van der Waals surface area contributed by atoms with Crippen LogP contribution in [0.5, 0.6) is 11.5 Å². The van der Waals surface area contributed by atoms with E-state index < -0.39 is 42.8 Å². The first-order chi connectivity index (χ1) is 18.2. The molecule has 0 radical (unpaired) electrons. The molecule has 0 aliphatic heterocycles. The molecule has 39 heavy (non-hydrogen) atoms. The van der Waals surface area contributed by atoms with Gasteiger partial charge in [-0.25, -0.2) is 4.79 Å². The Morgan fingerprint density at radius 2 is 1.77 bits per heavy atom. The van der Waals surface area contributed by atoms with Gasteiger partial charge in [-0.15, -0.1) is 11.3 Å². The number of aliphatic hydroxyl groups excluding tert-OH is 1. The van der Waals surface area contributed by atoms with Gasteiger partial charge >= 0.3 is 18.5 Å². The normalized spacial score (nSPS) is 13.6. The van der Waals surface area contributed by atoms with Gasteiger partial charge in [-0.1, -0.05) is 29.3 Å². The van der Waals surface area contributed by atoms with E-state index in [0.717, 1.165) is 11.3 Å². The first-order valence-electron chi connectivity index (χ1n) is 11.0. The fourth-order valence-electron chi connectivity index (χ4n) is 3.71. The van der Waals surface area contributed by atoms with Crippen LogP contribution in [-0.4, -0.2) is 33.5 Å². The molecule has 2 atom stereocenters. The zero-order valence-electron chi connectivity index (χ0n) is 19.6. The number of nitrogens with zero attached hydrogens (tertiary/aromatic N) is 1. The fraction of sp³-hybridized carbons (Fsp3) is 0.250. The number of hydrogen-bond acceptors (Lipinski definition) is 6. The standard InChI is InChI=1S/C24H17Cl2F5N2O5S/c1-10(13-4-3-12(25)7-14(13)26)37-16-5-2-11(6-17(16)38-22(27)28)18-8-15-20(39-18)21(35)32-23(36)33(15)9-19(34)24(29,30)31/h2-8,10,19,22,34H,9H2,1H3,(H,32,35,36)/t10-,19?/m1/s1. The molecule has 4 aromatic rings. The predicted octanol–water partition coefficient (Wildman–Crippen LogP) is 6.39. The summed E-state index contributed by atoms with van der Waals surface area (Å²) < 4.78 is 76.1. The van der Waals surface area contributed by atoms with Gasteiger partial charge < -0.3 is 14.6 Å². The molecule has 2 aromatic heterocycles. The van der Waals surface area contributed by atoms with E-state index in [4.69, 9.17) is 27.9 Å². The molecule has 2 heterocycles. The van der Waals surface area contributed by atoms with Crippen molar-refractivity contribution in [2.45, 2.75) is 38.5 Å². The smallest absolute Gasteiger partial charge is 0.416 e. The topological polar surface area (TPSA) is 93.6 Å². The van der Waals surface area contributed by atoms with Crippen molar-refractivity contribution in [2.75, 3.05) is 0 Å². The first kappa shape index (κ1) is 28.9. The number of benzene rings is 2. The number of rotatable bonds is 8. The Bertz CT molecular complexity index is 1640. The maximum absolute atomic E-state index is 13.2. The highest BCUT2D eigenvalue weighted by molar-refractivity contribution is 7.22. The number of fused-ring (bicyclic) bond motifs is 1. The van der Waals surface area contributed by atoms with Crippen LogP contribution in [0.3, 0.4) is 0 Å². The molecule has 0 bridgehead atoms. The maximum Gasteiger partial charge on any atom is 0.416 e. The largest absolute Gasteiger partial charge is 0.482 e. The predicted molar refractivity (Wildman–Crippen MR) is 136 cm³/mol. The Hall–Kier alpha value is -3.13. The van der Waals surface area contributed by atoms with Crippen LogP contribution in [0.25, 0.3) is 20.7 Å². The number of alkyl halides is 5. The average Bonchev–Trinajstić information content (AvgIpc) is 3.27. The summed E-state index contributed by atoms with van der Waals surface area (Å²) in [6.07, 6.45) is -8.59. The quantitative estimate of drug-likeness (QED) is 0.226. The summed E-state index contributed by atoms with van der Waals surface area (Å²) in [5.41, 5.74) is -1.42. The molecule has 208 valence electrons. The minimum absolute atomic E-state index is 0.0678. The Balaban J connectivity index is 1.74. The van der Waals surface area contributed by atoms with Crippen molar-refractivity contribution in [3.63, 3.8) is 0 Å². The van der Waals surface area contributed by atoms with E-state index in [1.807, 2.05) is 4.98 Å². The molecule has 15 heteroatoms. The number of nitrogens with one attached hydrogen (secondary N) is 1. The van der Waals surface area contributed by atoms with Gasteiger partial charge in [-0.3, -0.25) is 14.3 Å². The van der Waals surface area contributed by atoms with E-state index in [1.165, 1.54) is 30.3 Å². The number of hydrogen-bond donors (Lipinski definition) is 2. The van der Waals surface area contributed by atoms with Crippen LogP contribution >= 0.6 is 34.5 Å². The maximum atomic E-state index is 13.2. The van der Waals surface area contributed by atoms with E-state index >= 15 is 0 Å². The number of aromatic nitrogens is 2. The van der Waals surface area contributed by atoms with E-state index in [9.17, 15) is 36.6 Å². The van der Waals surface area contributed by atoms with Crippen molar-refractivity contribution in [1.29, 1.82) is 0 Å². The first-order valence-corrected chi connectivity index (χ1v) is 12.5. The third-order valence-corrected chi connectivity index (χ3v) is 7.29. The monoisotopic (exact) mass is 610 g/mol. The third-order valence-electron chi connectivity index (χ3n) is 5.56. The zero-order valence-corrected chi connectivity index (χ0v) is 21.9. The highest BCUT2D eigenvalue weighted by Gasteiger charge is 2.39. The van der Waals surface area contributed by atoms with Crippen LogP contribution in [0.4, 0.5) is 22.0 Å². The Labute approximate surface area is 229 Å². The van der Waals surface area contributed by atoms with Gasteiger partial charge in [0.25, 0.3) is 5.56 Å². The second kappa shape index (κ2) is 11.2.